The van der Waals surface area contributed by atoms with Gasteiger partial charge in [0.05, 0.1) is 42.0 Å². The monoisotopic (exact) mass is 593 g/mol. The molecule has 0 radical (unpaired) electrons. The molecule has 1 amide bonds. The highest BCUT2D eigenvalue weighted by molar-refractivity contribution is 7.10. The van der Waals surface area contributed by atoms with Crippen molar-refractivity contribution in [1.82, 2.24) is 24.2 Å². The van der Waals surface area contributed by atoms with Gasteiger partial charge in [-0.2, -0.15) is 30.7 Å². The Kier molecular flexibility index (Phi) is 8.72. The number of aryl methyl sites for hydroxylation is 1. The van der Waals surface area contributed by atoms with E-state index in [9.17, 15) is 35.5 Å². The smallest absolute Gasteiger partial charge is 0.434 e. The van der Waals surface area contributed by atoms with Gasteiger partial charge >= 0.3 is 12.4 Å². The highest BCUT2D eigenvalue weighted by atomic mass is 32.1. The minimum Gasteiger partial charge on any atom is -0.471 e. The fourth-order valence-electron chi connectivity index (χ4n) is 3.82. The molecule has 40 heavy (non-hydrogen) atoms. The molecular formula is C23H22F7N7O2S. The average Bonchev–Trinajstić information content (AvgIpc) is 3.24. The molecule has 1 aliphatic heterocycles. The second-order valence-corrected chi connectivity index (χ2v) is 9.62. The number of rotatable bonds is 8. The van der Waals surface area contributed by atoms with Gasteiger partial charge in [0.2, 0.25) is 5.88 Å². The predicted molar refractivity (Wildman–Crippen MR) is 130 cm³/mol. The maximum atomic E-state index is 14.5. The molecule has 0 saturated carbocycles. The zero-order chi connectivity index (χ0) is 29.1. The summed E-state index contributed by atoms with van der Waals surface area (Å²) in [6, 6.07) is 2.88. The first-order chi connectivity index (χ1) is 18.8. The van der Waals surface area contributed by atoms with E-state index >= 15 is 0 Å². The van der Waals surface area contributed by atoms with Crippen LogP contribution in [0.15, 0.2) is 30.7 Å². The molecular weight excluding hydrogens is 571 g/mol. The van der Waals surface area contributed by atoms with Crippen LogP contribution in [0.3, 0.4) is 0 Å². The lowest BCUT2D eigenvalue weighted by atomic mass is 10.1. The molecule has 0 unspecified atom stereocenters. The second-order valence-electron chi connectivity index (χ2n) is 8.85. The van der Waals surface area contributed by atoms with E-state index in [-0.39, 0.29) is 54.0 Å². The van der Waals surface area contributed by atoms with Crippen molar-refractivity contribution in [2.24, 2.45) is 0 Å². The third kappa shape index (κ3) is 7.74. The molecule has 2 N–H and O–H groups in total. The number of carbonyl (C=O) groups is 1. The van der Waals surface area contributed by atoms with E-state index < -0.39 is 42.7 Å². The van der Waals surface area contributed by atoms with Gasteiger partial charge in [-0.05, 0) is 30.9 Å². The lowest BCUT2D eigenvalue weighted by Gasteiger charge is -2.34. The molecule has 216 valence electrons. The second kappa shape index (κ2) is 11.9. The first-order valence-electron chi connectivity index (χ1n) is 11.8. The number of likely N-dealkylation sites (tertiary alicyclic amines) is 1. The Morgan fingerprint density at radius 3 is 2.50 bits per heavy atom. The Hall–Kier alpha value is -3.60. The van der Waals surface area contributed by atoms with Crippen LogP contribution in [-0.2, 0) is 6.18 Å². The summed E-state index contributed by atoms with van der Waals surface area (Å²) in [4.78, 5) is 25.4. The highest BCUT2D eigenvalue weighted by Gasteiger charge is 2.34. The van der Waals surface area contributed by atoms with Gasteiger partial charge in [0.25, 0.3) is 5.91 Å². The van der Waals surface area contributed by atoms with Crippen LogP contribution >= 0.6 is 11.5 Å². The van der Waals surface area contributed by atoms with Crippen molar-refractivity contribution in [2.45, 2.75) is 44.4 Å². The van der Waals surface area contributed by atoms with Gasteiger partial charge < -0.3 is 15.4 Å². The summed E-state index contributed by atoms with van der Waals surface area (Å²) < 4.78 is 99.6. The highest BCUT2D eigenvalue weighted by Crippen LogP contribution is 2.30. The number of anilines is 3. The summed E-state index contributed by atoms with van der Waals surface area (Å²) in [6.07, 6.45) is -9.43. The number of nitrogens with one attached hydrogen (secondary N) is 2. The fourth-order valence-corrected chi connectivity index (χ4v) is 4.62. The first kappa shape index (κ1) is 29.4. The Bertz CT molecular complexity index is 1300. The molecule has 3 aromatic rings. The number of piperidine rings is 1. The van der Waals surface area contributed by atoms with Crippen molar-refractivity contribution >= 4 is 33.9 Å². The molecule has 1 fully saturated rings. The molecule has 1 saturated heterocycles. The van der Waals surface area contributed by atoms with E-state index in [1.54, 1.807) is 6.92 Å². The van der Waals surface area contributed by atoms with Gasteiger partial charge in [-0.3, -0.25) is 9.69 Å². The number of amides is 1. The lowest BCUT2D eigenvalue weighted by Crippen LogP contribution is -2.47. The number of hydrogen-bond acceptors (Lipinski definition) is 9. The molecule has 1 aliphatic rings. The Balaban J connectivity index is 1.33. The lowest BCUT2D eigenvalue weighted by molar-refractivity contribution is -0.141. The molecule has 9 nitrogen and oxygen atoms in total. The molecule has 0 aliphatic carbocycles. The molecule has 17 heteroatoms. The van der Waals surface area contributed by atoms with E-state index in [2.05, 4.69) is 30.0 Å². The zero-order valence-electron chi connectivity index (χ0n) is 20.7. The van der Waals surface area contributed by atoms with Crippen molar-refractivity contribution < 1.29 is 40.3 Å². The van der Waals surface area contributed by atoms with E-state index in [0.717, 1.165) is 17.7 Å². The van der Waals surface area contributed by atoms with Gasteiger partial charge in [-0.1, -0.05) is 0 Å². The third-order valence-corrected chi connectivity index (χ3v) is 6.67. The van der Waals surface area contributed by atoms with Crippen LogP contribution < -0.4 is 15.4 Å². The Morgan fingerprint density at radius 1 is 1.12 bits per heavy atom. The van der Waals surface area contributed by atoms with Gasteiger partial charge in [-0.15, -0.1) is 0 Å². The largest absolute Gasteiger partial charge is 0.471 e. The molecule has 0 bridgehead atoms. The van der Waals surface area contributed by atoms with E-state index in [1.807, 2.05) is 0 Å². The summed E-state index contributed by atoms with van der Waals surface area (Å²) in [5, 5.41) is 5.59. The van der Waals surface area contributed by atoms with E-state index in [1.165, 1.54) is 23.2 Å². The van der Waals surface area contributed by atoms with Crippen LogP contribution in [0.4, 0.5) is 47.2 Å². The number of halogens is 7. The Morgan fingerprint density at radius 2 is 1.90 bits per heavy atom. The van der Waals surface area contributed by atoms with Crippen LogP contribution in [0.2, 0.25) is 0 Å². The summed E-state index contributed by atoms with van der Waals surface area (Å²) >= 11 is 0.904. The minimum absolute atomic E-state index is 0.0220. The fraction of sp³-hybridized carbons (Fsp3) is 0.435. The summed E-state index contributed by atoms with van der Waals surface area (Å²) in [5.41, 5.74) is -0.412. The van der Waals surface area contributed by atoms with Crippen molar-refractivity contribution in [3.8, 4) is 5.88 Å². The molecule has 4 heterocycles. The number of carbonyl (C=O) groups excluding carboxylic acids is 1. The maximum absolute atomic E-state index is 14.5. The summed E-state index contributed by atoms with van der Waals surface area (Å²) in [6.45, 7) is 1.36. The maximum Gasteiger partial charge on any atom is 0.434 e. The molecule has 3 aromatic heterocycles. The number of alkyl halides is 7. The van der Waals surface area contributed by atoms with Crippen molar-refractivity contribution in [2.75, 3.05) is 30.3 Å². The number of nitrogens with zero attached hydrogens (tertiary/aromatic N) is 5. The van der Waals surface area contributed by atoms with Crippen LogP contribution in [-0.4, -0.2) is 68.2 Å². The topological polar surface area (TPSA) is 105 Å². The van der Waals surface area contributed by atoms with E-state index in [0.29, 0.717) is 11.9 Å². The number of aromatic nitrogens is 4. The normalized spacial score (nSPS) is 18.4. The Labute approximate surface area is 227 Å². The standard InChI is InChI=1S/C23H22F7N7O2S/c1-12-19(21(40-36-12)35-17-10-31-16(9-32-17)23(28,29)30)20(38)34-13-2-3-18(33-8-13)39-15-4-6-37(11-14(15)24)7-5-22(25,26)27/h2-3,8-10,14-15H,4-7,11H2,1H3,(H,32,35)(H,34,38)/t14-,15-/m0/s1. The van der Waals surface area contributed by atoms with E-state index in [4.69, 9.17) is 4.74 Å². The summed E-state index contributed by atoms with van der Waals surface area (Å²) in [5.74, 6) is -0.531. The molecule has 2 atom stereocenters. The summed E-state index contributed by atoms with van der Waals surface area (Å²) in [7, 11) is 0. The molecule has 0 aromatic carbocycles. The van der Waals surface area contributed by atoms with Gasteiger partial charge in [0.15, 0.2) is 5.69 Å². The predicted octanol–water partition coefficient (Wildman–Crippen LogP) is 5.39. The van der Waals surface area contributed by atoms with Gasteiger partial charge in [0, 0.05) is 25.7 Å². The number of hydrogen-bond donors (Lipinski definition) is 2. The number of pyridine rings is 1. The minimum atomic E-state index is -4.64. The number of ether oxygens (including phenoxy) is 1. The van der Waals surface area contributed by atoms with Gasteiger partial charge in [0.1, 0.15) is 23.1 Å². The van der Waals surface area contributed by atoms with Gasteiger partial charge in [-0.25, -0.2) is 19.3 Å². The van der Waals surface area contributed by atoms with Crippen LogP contribution in [0, 0.1) is 6.92 Å². The SMILES string of the molecule is Cc1nsc(Nc2cnc(C(F)(F)F)cn2)c1C(=O)Nc1ccc(O[C@H]2CCN(CCC(F)(F)F)C[C@@H]2F)nc1. The average molecular weight is 594 g/mol. The molecule has 0 spiro atoms. The van der Waals surface area contributed by atoms with Crippen LogP contribution in [0.1, 0.15) is 34.6 Å². The quantitative estimate of drug-likeness (QED) is 0.335. The zero-order valence-corrected chi connectivity index (χ0v) is 21.5. The first-order valence-corrected chi connectivity index (χ1v) is 12.6. The molecule has 4 rings (SSSR count). The van der Waals surface area contributed by atoms with Crippen LogP contribution in [0.25, 0.3) is 0 Å². The van der Waals surface area contributed by atoms with Crippen molar-refractivity contribution in [3.63, 3.8) is 0 Å². The van der Waals surface area contributed by atoms with Crippen molar-refractivity contribution in [3.05, 3.63) is 47.7 Å². The third-order valence-electron chi connectivity index (χ3n) is 5.82. The van der Waals surface area contributed by atoms with Crippen molar-refractivity contribution in [1.29, 1.82) is 0 Å². The van der Waals surface area contributed by atoms with Crippen LogP contribution in [0.5, 0.6) is 5.88 Å².